The van der Waals surface area contributed by atoms with Gasteiger partial charge in [0.05, 0.1) is 6.61 Å². The fourth-order valence-corrected chi connectivity index (χ4v) is 3.11. The van der Waals surface area contributed by atoms with E-state index in [1.165, 1.54) is 12.1 Å². The first kappa shape index (κ1) is 18.2. The van der Waals surface area contributed by atoms with Gasteiger partial charge in [0.1, 0.15) is 24.1 Å². The van der Waals surface area contributed by atoms with E-state index in [1.807, 2.05) is 0 Å². The SMILES string of the molecule is Cc1cccc(C(=O)[C@@]2(n3ccc(N)nc3=O)O[C@H](CO)[C@@H](O)[C@H]2O)c1. The third-order valence-electron chi connectivity index (χ3n) is 4.40. The molecule has 1 fully saturated rings. The van der Waals surface area contributed by atoms with Gasteiger partial charge in [0, 0.05) is 11.8 Å². The molecule has 5 N–H and O–H groups in total. The summed E-state index contributed by atoms with van der Waals surface area (Å²) in [6, 6.07) is 7.75. The lowest BCUT2D eigenvalue weighted by Crippen LogP contribution is -2.56. The van der Waals surface area contributed by atoms with Gasteiger partial charge in [-0.15, -0.1) is 0 Å². The zero-order valence-corrected chi connectivity index (χ0v) is 13.9. The first-order valence-corrected chi connectivity index (χ1v) is 7.93. The number of ether oxygens (including phenoxy) is 1. The summed E-state index contributed by atoms with van der Waals surface area (Å²) in [6.07, 6.45) is -3.49. The number of aryl methyl sites for hydroxylation is 1. The second kappa shape index (κ2) is 6.61. The van der Waals surface area contributed by atoms with Gasteiger partial charge in [0.25, 0.3) is 0 Å². The van der Waals surface area contributed by atoms with Crippen LogP contribution < -0.4 is 11.4 Å². The minimum absolute atomic E-state index is 0.0730. The summed E-state index contributed by atoms with van der Waals surface area (Å²) in [5.74, 6) is -0.825. The number of rotatable bonds is 4. The van der Waals surface area contributed by atoms with Crippen molar-refractivity contribution in [2.75, 3.05) is 12.3 Å². The number of nitrogen functional groups attached to an aromatic ring is 1. The number of hydrogen-bond donors (Lipinski definition) is 4. The molecule has 0 radical (unpaired) electrons. The summed E-state index contributed by atoms with van der Waals surface area (Å²) < 4.78 is 6.36. The third kappa shape index (κ3) is 2.71. The van der Waals surface area contributed by atoms with Crippen LogP contribution in [0.1, 0.15) is 15.9 Å². The molecule has 0 unspecified atom stereocenters. The van der Waals surface area contributed by atoms with Crippen LogP contribution in [0.25, 0.3) is 0 Å². The minimum atomic E-state index is -2.28. The fraction of sp³-hybridized carbons (Fsp3) is 0.353. The van der Waals surface area contributed by atoms with Crippen molar-refractivity contribution in [2.45, 2.75) is 31.0 Å². The smallest absolute Gasteiger partial charge is 0.352 e. The van der Waals surface area contributed by atoms with Crippen LogP contribution in [0.4, 0.5) is 5.82 Å². The van der Waals surface area contributed by atoms with Gasteiger partial charge in [0.2, 0.25) is 11.5 Å². The van der Waals surface area contributed by atoms with E-state index >= 15 is 0 Å². The van der Waals surface area contributed by atoms with Gasteiger partial charge < -0.3 is 25.8 Å². The summed E-state index contributed by atoms with van der Waals surface area (Å²) in [5, 5.41) is 30.2. The lowest BCUT2D eigenvalue weighted by Gasteiger charge is -2.32. The van der Waals surface area contributed by atoms with Crippen LogP contribution in [0.15, 0.2) is 41.3 Å². The molecule has 1 aromatic heterocycles. The Morgan fingerprint density at radius 1 is 1.38 bits per heavy atom. The molecular weight excluding hydrogens is 342 g/mol. The van der Waals surface area contributed by atoms with Gasteiger partial charge in [-0.25, -0.2) is 4.79 Å². The lowest BCUT2D eigenvalue weighted by atomic mass is 9.92. The highest BCUT2D eigenvalue weighted by molar-refractivity contribution is 6.01. The number of carbonyl (C=O) groups is 1. The van der Waals surface area contributed by atoms with Crippen LogP contribution in [0.3, 0.4) is 0 Å². The number of aliphatic hydroxyl groups is 3. The van der Waals surface area contributed by atoms with Crippen molar-refractivity contribution in [3.8, 4) is 0 Å². The van der Waals surface area contributed by atoms with Crippen LogP contribution in [-0.4, -0.2) is 55.6 Å². The lowest BCUT2D eigenvalue weighted by molar-refractivity contribution is -0.117. The fourth-order valence-electron chi connectivity index (χ4n) is 3.11. The maximum absolute atomic E-state index is 13.3. The molecule has 0 amide bonds. The Morgan fingerprint density at radius 3 is 2.69 bits per heavy atom. The Bertz CT molecular complexity index is 898. The summed E-state index contributed by atoms with van der Waals surface area (Å²) in [5.41, 5.74) is 3.22. The van der Waals surface area contributed by atoms with Gasteiger partial charge in [-0.3, -0.25) is 9.36 Å². The van der Waals surface area contributed by atoms with Crippen LogP contribution >= 0.6 is 0 Å². The van der Waals surface area contributed by atoms with E-state index in [1.54, 1.807) is 25.1 Å². The van der Waals surface area contributed by atoms with Gasteiger partial charge in [-0.1, -0.05) is 23.8 Å². The second-order valence-electron chi connectivity index (χ2n) is 6.17. The van der Waals surface area contributed by atoms with E-state index < -0.39 is 42.1 Å². The number of nitrogens with two attached hydrogens (primary N) is 1. The van der Waals surface area contributed by atoms with Gasteiger partial charge >= 0.3 is 5.69 Å². The zero-order chi connectivity index (χ0) is 19.1. The summed E-state index contributed by atoms with van der Waals surface area (Å²) in [6.45, 7) is 1.12. The van der Waals surface area contributed by atoms with Crippen LogP contribution in [0, 0.1) is 6.92 Å². The molecule has 3 rings (SSSR count). The average Bonchev–Trinajstić information content (AvgIpc) is 2.87. The molecule has 0 bridgehead atoms. The largest absolute Gasteiger partial charge is 0.394 e. The first-order chi connectivity index (χ1) is 12.3. The molecule has 2 heterocycles. The Balaban J connectivity index is 2.23. The van der Waals surface area contributed by atoms with Gasteiger partial charge in [-0.2, -0.15) is 4.98 Å². The van der Waals surface area contributed by atoms with Crippen LogP contribution in [-0.2, 0) is 10.5 Å². The van der Waals surface area contributed by atoms with Crippen molar-refractivity contribution >= 4 is 11.6 Å². The van der Waals surface area contributed by atoms with Crippen molar-refractivity contribution in [3.05, 3.63) is 58.1 Å². The zero-order valence-electron chi connectivity index (χ0n) is 13.9. The van der Waals surface area contributed by atoms with E-state index in [-0.39, 0.29) is 11.4 Å². The predicted molar refractivity (Wildman–Crippen MR) is 90.4 cm³/mol. The number of anilines is 1. The highest BCUT2D eigenvalue weighted by atomic mass is 16.6. The van der Waals surface area contributed by atoms with Crippen LogP contribution in [0.2, 0.25) is 0 Å². The van der Waals surface area contributed by atoms with E-state index in [0.29, 0.717) is 0 Å². The average molecular weight is 361 g/mol. The van der Waals surface area contributed by atoms with Crippen molar-refractivity contribution in [1.29, 1.82) is 0 Å². The molecule has 0 spiro atoms. The number of ketones is 1. The van der Waals surface area contributed by atoms with Crippen molar-refractivity contribution in [1.82, 2.24) is 9.55 Å². The number of Topliss-reactive ketones (excluding diaryl/α,β-unsaturated/α-hetero) is 1. The molecule has 1 aromatic carbocycles. The number of nitrogens with zero attached hydrogens (tertiary/aromatic N) is 2. The Labute approximate surface area is 148 Å². The van der Waals surface area contributed by atoms with E-state index in [2.05, 4.69) is 4.98 Å². The van der Waals surface area contributed by atoms with E-state index in [9.17, 15) is 24.9 Å². The highest BCUT2D eigenvalue weighted by Gasteiger charge is 2.60. The number of carbonyl (C=O) groups excluding carboxylic acids is 1. The van der Waals surface area contributed by atoms with Crippen LogP contribution in [0.5, 0.6) is 0 Å². The summed E-state index contributed by atoms with van der Waals surface area (Å²) in [4.78, 5) is 29.2. The molecule has 9 nitrogen and oxygen atoms in total. The standard InChI is InChI=1S/C17H19N3O6/c1-9-3-2-4-10(7-9)14(23)17(15(24)13(22)11(8-21)26-17)20-6-5-12(18)19-16(20)25/h2-7,11,13,15,21-22,24H,8H2,1H3,(H2,18,19,25)/t11-,13-,15-,17-/m1/s1. The monoisotopic (exact) mass is 361 g/mol. The summed E-state index contributed by atoms with van der Waals surface area (Å²) in [7, 11) is 0. The first-order valence-electron chi connectivity index (χ1n) is 7.93. The maximum Gasteiger partial charge on any atom is 0.352 e. The molecule has 1 saturated heterocycles. The molecule has 1 aliphatic heterocycles. The molecular formula is C17H19N3O6. The third-order valence-corrected chi connectivity index (χ3v) is 4.40. The normalized spacial score (nSPS) is 28.2. The molecule has 0 saturated carbocycles. The Kier molecular flexibility index (Phi) is 4.63. The number of aromatic nitrogens is 2. The quantitative estimate of drug-likeness (QED) is 0.496. The van der Waals surface area contributed by atoms with E-state index in [4.69, 9.17) is 10.5 Å². The Hall–Kier alpha value is -2.59. The van der Waals surface area contributed by atoms with Gasteiger partial charge in [0.15, 0.2) is 0 Å². The predicted octanol–water partition coefficient (Wildman–Crippen LogP) is -1.22. The number of aliphatic hydroxyl groups excluding tert-OH is 3. The van der Waals surface area contributed by atoms with Crippen molar-refractivity contribution in [2.24, 2.45) is 0 Å². The maximum atomic E-state index is 13.3. The molecule has 26 heavy (non-hydrogen) atoms. The molecule has 4 atom stereocenters. The topological polar surface area (TPSA) is 148 Å². The molecule has 9 heteroatoms. The number of benzene rings is 1. The van der Waals surface area contributed by atoms with Crippen molar-refractivity contribution in [3.63, 3.8) is 0 Å². The number of hydrogen-bond acceptors (Lipinski definition) is 8. The summed E-state index contributed by atoms with van der Waals surface area (Å²) >= 11 is 0. The molecule has 0 aliphatic carbocycles. The highest BCUT2D eigenvalue weighted by Crippen LogP contribution is 2.37. The Morgan fingerprint density at radius 2 is 2.12 bits per heavy atom. The van der Waals surface area contributed by atoms with E-state index in [0.717, 1.165) is 16.3 Å². The second-order valence-corrected chi connectivity index (χ2v) is 6.17. The molecule has 1 aliphatic rings. The molecule has 2 aromatic rings. The van der Waals surface area contributed by atoms with Gasteiger partial charge in [-0.05, 0) is 19.1 Å². The van der Waals surface area contributed by atoms with Crippen molar-refractivity contribution < 1.29 is 24.9 Å². The minimum Gasteiger partial charge on any atom is -0.394 e. The molecule has 138 valence electrons.